The first-order valence-electron chi connectivity index (χ1n) is 7.64. The molecule has 1 aliphatic rings. The van der Waals surface area contributed by atoms with E-state index in [1.165, 1.54) is 0 Å². The first-order valence-corrected chi connectivity index (χ1v) is 9.18. The second-order valence-electron chi connectivity index (χ2n) is 6.26. The average molecular weight is 331 g/mol. The Morgan fingerprint density at radius 2 is 1.70 bits per heavy atom. The van der Waals surface area contributed by atoms with Gasteiger partial charge in [0, 0.05) is 17.9 Å². The van der Waals surface area contributed by atoms with Gasteiger partial charge in [0.25, 0.3) is 0 Å². The van der Waals surface area contributed by atoms with E-state index in [1.807, 2.05) is 37.3 Å². The number of sulfone groups is 1. The first-order chi connectivity index (χ1) is 11.0. The quantitative estimate of drug-likeness (QED) is 0.876. The van der Waals surface area contributed by atoms with Crippen LogP contribution in [-0.2, 0) is 9.84 Å². The molecule has 0 saturated heterocycles. The molecule has 3 N–H and O–H groups in total. The summed E-state index contributed by atoms with van der Waals surface area (Å²) in [5.74, 6) is -0.273. The van der Waals surface area contributed by atoms with Crippen molar-refractivity contribution in [2.75, 3.05) is 13.2 Å². The standard InChI is InChI=1S/C18H21NO3S/c1-13-7-9-15(10-8-13)23(21,22)17-16(18(17,11-19)12-20)14-5-3-2-4-6-14/h2-10,16-17,20H,11-12,19H2,1H3/t16-,17+,18+/m0/s1. The zero-order valence-corrected chi connectivity index (χ0v) is 13.8. The fraction of sp³-hybridized carbons (Fsp3) is 0.333. The van der Waals surface area contributed by atoms with Gasteiger partial charge >= 0.3 is 0 Å². The number of rotatable bonds is 5. The van der Waals surface area contributed by atoms with E-state index in [2.05, 4.69) is 0 Å². The van der Waals surface area contributed by atoms with Gasteiger partial charge in [-0.2, -0.15) is 0 Å². The van der Waals surface area contributed by atoms with Crippen molar-refractivity contribution in [1.29, 1.82) is 0 Å². The van der Waals surface area contributed by atoms with Crippen LogP contribution in [0.4, 0.5) is 0 Å². The van der Waals surface area contributed by atoms with Gasteiger partial charge in [-0.3, -0.25) is 0 Å². The monoisotopic (exact) mass is 331 g/mol. The minimum atomic E-state index is -3.55. The summed E-state index contributed by atoms with van der Waals surface area (Å²) in [5, 5.41) is 9.18. The first kappa shape index (κ1) is 16.2. The summed E-state index contributed by atoms with van der Waals surface area (Å²) in [7, 11) is -3.55. The van der Waals surface area contributed by atoms with Gasteiger partial charge in [-0.05, 0) is 24.6 Å². The predicted octanol–water partition coefficient (Wildman–Crippen LogP) is 1.87. The summed E-state index contributed by atoms with van der Waals surface area (Å²) in [5.41, 5.74) is 6.99. The Labute approximate surface area is 136 Å². The highest BCUT2D eigenvalue weighted by Gasteiger charge is 2.70. The maximum atomic E-state index is 13.1. The summed E-state index contributed by atoms with van der Waals surface area (Å²) in [6.45, 7) is 1.82. The molecule has 1 fully saturated rings. The third-order valence-corrected chi connectivity index (χ3v) is 7.24. The summed E-state index contributed by atoms with van der Waals surface area (Å²) in [6, 6.07) is 16.3. The number of benzene rings is 2. The highest BCUT2D eigenvalue weighted by molar-refractivity contribution is 7.92. The molecule has 0 bridgehead atoms. The van der Waals surface area contributed by atoms with Crippen LogP contribution in [0.3, 0.4) is 0 Å². The Bertz CT molecular complexity index is 781. The highest BCUT2D eigenvalue weighted by atomic mass is 32.2. The van der Waals surface area contributed by atoms with Crippen LogP contribution in [0, 0.1) is 12.3 Å². The number of aryl methyl sites for hydroxylation is 1. The van der Waals surface area contributed by atoms with Gasteiger partial charge in [-0.25, -0.2) is 8.42 Å². The molecule has 0 unspecified atom stereocenters. The largest absolute Gasteiger partial charge is 0.396 e. The number of hydrogen-bond donors (Lipinski definition) is 2. The number of aliphatic hydroxyl groups excluding tert-OH is 1. The van der Waals surface area contributed by atoms with Crippen molar-refractivity contribution in [2.45, 2.75) is 23.0 Å². The Kier molecular flexibility index (Phi) is 4.04. The van der Waals surface area contributed by atoms with Crippen LogP contribution < -0.4 is 5.73 Å². The molecule has 122 valence electrons. The van der Waals surface area contributed by atoms with E-state index in [9.17, 15) is 13.5 Å². The lowest BCUT2D eigenvalue weighted by atomic mass is 10.0. The Hall–Kier alpha value is -1.69. The maximum absolute atomic E-state index is 13.1. The van der Waals surface area contributed by atoms with E-state index < -0.39 is 20.5 Å². The smallest absolute Gasteiger partial charge is 0.182 e. The van der Waals surface area contributed by atoms with Gasteiger partial charge < -0.3 is 10.8 Å². The molecule has 1 saturated carbocycles. The molecule has 0 aliphatic heterocycles. The number of aliphatic hydroxyl groups is 1. The third-order valence-electron chi connectivity index (χ3n) is 4.90. The summed E-state index contributed by atoms with van der Waals surface area (Å²) in [6.07, 6.45) is 0. The van der Waals surface area contributed by atoms with Gasteiger partial charge in [0.15, 0.2) is 9.84 Å². The van der Waals surface area contributed by atoms with E-state index in [4.69, 9.17) is 5.73 Å². The van der Waals surface area contributed by atoms with Crippen molar-refractivity contribution in [3.05, 3.63) is 65.7 Å². The molecule has 2 aromatic carbocycles. The molecule has 23 heavy (non-hydrogen) atoms. The molecule has 5 heteroatoms. The van der Waals surface area contributed by atoms with Gasteiger partial charge in [0.1, 0.15) is 0 Å². The molecular weight excluding hydrogens is 310 g/mol. The molecule has 3 atom stereocenters. The lowest BCUT2D eigenvalue weighted by Gasteiger charge is -2.12. The molecule has 0 spiro atoms. The zero-order valence-electron chi connectivity index (χ0n) is 13.0. The van der Waals surface area contributed by atoms with Gasteiger partial charge in [-0.1, -0.05) is 48.0 Å². The molecule has 4 nitrogen and oxygen atoms in total. The third kappa shape index (κ3) is 2.49. The van der Waals surface area contributed by atoms with Crippen molar-refractivity contribution in [2.24, 2.45) is 11.1 Å². The minimum absolute atomic E-state index is 0.138. The van der Waals surface area contributed by atoms with Gasteiger partial charge in [0.05, 0.1) is 16.8 Å². The van der Waals surface area contributed by atoms with Crippen LogP contribution in [-0.4, -0.2) is 31.9 Å². The maximum Gasteiger partial charge on any atom is 0.182 e. The zero-order chi connectivity index (χ0) is 16.7. The normalized spacial score (nSPS) is 26.9. The minimum Gasteiger partial charge on any atom is -0.396 e. The van der Waals surface area contributed by atoms with E-state index >= 15 is 0 Å². The van der Waals surface area contributed by atoms with Crippen molar-refractivity contribution < 1.29 is 13.5 Å². The highest BCUT2D eigenvalue weighted by Crippen LogP contribution is 2.63. The number of nitrogens with two attached hydrogens (primary N) is 1. The van der Waals surface area contributed by atoms with Crippen molar-refractivity contribution >= 4 is 9.84 Å². The number of hydrogen-bond acceptors (Lipinski definition) is 4. The van der Waals surface area contributed by atoms with Crippen molar-refractivity contribution in [3.63, 3.8) is 0 Å². The predicted molar refractivity (Wildman–Crippen MR) is 89.9 cm³/mol. The topological polar surface area (TPSA) is 80.4 Å². The Morgan fingerprint density at radius 1 is 1.09 bits per heavy atom. The second kappa shape index (κ2) is 5.74. The van der Waals surface area contributed by atoms with Gasteiger partial charge in [0.2, 0.25) is 0 Å². The van der Waals surface area contributed by atoms with Crippen LogP contribution in [0.15, 0.2) is 59.5 Å². The molecular formula is C18H21NO3S. The second-order valence-corrected chi connectivity index (χ2v) is 8.33. The lowest BCUT2D eigenvalue weighted by molar-refractivity contribution is 0.212. The van der Waals surface area contributed by atoms with Crippen LogP contribution in [0.25, 0.3) is 0 Å². The molecule has 1 aliphatic carbocycles. The van der Waals surface area contributed by atoms with E-state index in [-0.39, 0.29) is 24.0 Å². The fourth-order valence-electron chi connectivity index (χ4n) is 3.48. The van der Waals surface area contributed by atoms with Crippen molar-refractivity contribution in [3.8, 4) is 0 Å². The Morgan fingerprint density at radius 3 is 2.22 bits per heavy atom. The Balaban J connectivity index is 2.05. The summed E-state index contributed by atoms with van der Waals surface area (Å²) in [4.78, 5) is 0.290. The SMILES string of the molecule is Cc1ccc(S(=O)(=O)[C@@H]2[C@H](c3ccccc3)[C@@]2(CN)CO)cc1. The average Bonchev–Trinajstić information content (AvgIpc) is 3.27. The van der Waals surface area contributed by atoms with Crippen molar-refractivity contribution in [1.82, 2.24) is 0 Å². The van der Waals surface area contributed by atoms with E-state index in [0.29, 0.717) is 0 Å². The molecule has 0 aromatic heterocycles. The van der Waals surface area contributed by atoms with E-state index in [1.54, 1.807) is 24.3 Å². The van der Waals surface area contributed by atoms with Crippen LogP contribution in [0.1, 0.15) is 17.0 Å². The summed E-state index contributed by atoms with van der Waals surface area (Å²) < 4.78 is 26.1. The van der Waals surface area contributed by atoms with Crippen LogP contribution in [0.2, 0.25) is 0 Å². The fourth-order valence-corrected chi connectivity index (χ4v) is 5.93. The molecule has 2 aromatic rings. The van der Waals surface area contributed by atoms with Crippen LogP contribution in [0.5, 0.6) is 0 Å². The van der Waals surface area contributed by atoms with E-state index in [0.717, 1.165) is 11.1 Å². The molecule has 0 amide bonds. The lowest BCUT2D eigenvalue weighted by Crippen LogP contribution is -2.27. The summed E-state index contributed by atoms with van der Waals surface area (Å²) >= 11 is 0. The van der Waals surface area contributed by atoms with Gasteiger partial charge in [-0.15, -0.1) is 0 Å². The molecule has 0 radical (unpaired) electrons. The van der Waals surface area contributed by atoms with Crippen LogP contribution >= 0.6 is 0 Å². The molecule has 0 heterocycles. The molecule has 3 rings (SSSR count).